The molecule has 1 aromatic heterocycles. The minimum Gasteiger partial charge on any atom is -0.487 e. The maximum absolute atomic E-state index is 13.3. The molecule has 174 valence electrons. The van der Waals surface area contributed by atoms with Crippen molar-refractivity contribution in [3.8, 4) is 5.75 Å². The standard InChI is InChI=1S/C25H19Cl3FN3O2/c1-15-10-23(31-32(15)13-18-8-9-19(29)12-21(18)27)30-25(33)17-5-2-4-16(11-17)14-34-22-7-3-6-20(26)24(22)28/h2-12H,13-14H2,1H3,(H,30,31,33). The van der Waals surface area contributed by atoms with Crippen LogP contribution in [0, 0.1) is 12.7 Å². The molecule has 0 saturated heterocycles. The maximum atomic E-state index is 13.3. The zero-order valence-electron chi connectivity index (χ0n) is 18.0. The van der Waals surface area contributed by atoms with Gasteiger partial charge in [0.05, 0.1) is 11.6 Å². The Hall–Kier alpha value is -3.06. The van der Waals surface area contributed by atoms with Crippen LogP contribution in [0.15, 0.2) is 66.7 Å². The lowest BCUT2D eigenvalue weighted by Gasteiger charge is -2.10. The number of hydrogen-bond acceptors (Lipinski definition) is 3. The van der Waals surface area contributed by atoms with E-state index in [1.54, 1.807) is 53.2 Å². The monoisotopic (exact) mass is 517 g/mol. The summed E-state index contributed by atoms with van der Waals surface area (Å²) < 4.78 is 20.7. The van der Waals surface area contributed by atoms with Crippen LogP contribution < -0.4 is 10.1 Å². The van der Waals surface area contributed by atoms with Gasteiger partial charge in [-0.25, -0.2) is 4.39 Å². The van der Waals surface area contributed by atoms with Crippen LogP contribution >= 0.6 is 34.8 Å². The van der Waals surface area contributed by atoms with Gasteiger partial charge in [0.2, 0.25) is 0 Å². The second-order valence-corrected chi connectivity index (χ2v) is 8.75. The van der Waals surface area contributed by atoms with E-state index in [-0.39, 0.29) is 12.5 Å². The molecule has 0 unspecified atom stereocenters. The molecule has 5 nitrogen and oxygen atoms in total. The van der Waals surface area contributed by atoms with Crippen LogP contribution in [0.5, 0.6) is 5.75 Å². The number of rotatable bonds is 7. The van der Waals surface area contributed by atoms with Gasteiger partial charge >= 0.3 is 0 Å². The van der Waals surface area contributed by atoms with Crippen LogP contribution in [-0.4, -0.2) is 15.7 Å². The molecule has 0 saturated carbocycles. The molecule has 1 amide bonds. The number of aryl methyl sites for hydroxylation is 1. The molecular formula is C25H19Cl3FN3O2. The van der Waals surface area contributed by atoms with Gasteiger partial charge in [0.15, 0.2) is 5.82 Å². The highest BCUT2D eigenvalue weighted by atomic mass is 35.5. The van der Waals surface area contributed by atoms with E-state index in [2.05, 4.69) is 10.4 Å². The molecule has 4 rings (SSSR count). The fourth-order valence-electron chi connectivity index (χ4n) is 3.29. The summed E-state index contributed by atoms with van der Waals surface area (Å²) in [6.45, 7) is 2.42. The average molecular weight is 519 g/mol. The molecule has 0 radical (unpaired) electrons. The minimum absolute atomic E-state index is 0.216. The van der Waals surface area contributed by atoms with Gasteiger partial charge in [-0.05, 0) is 54.4 Å². The minimum atomic E-state index is -0.401. The summed E-state index contributed by atoms with van der Waals surface area (Å²) in [5.74, 6) is 0.147. The summed E-state index contributed by atoms with van der Waals surface area (Å²) in [6, 6.07) is 18.2. The zero-order valence-corrected chi connectivity index (χ0v) is 20.3. The van der Waals surface area contributed by atoms with Crippen molar-refractivity contribution in [2.75, 3.05) is 5.32 Å². The summed E-state index contributed by atoms with van der Waals surface area (Å²) in [4.78, 5) is 12.8. The van der Waals surface area contributed by atoms with E-state index in [0.29, 0.717) is 38.7 Å². The van der Waals surface area contributed by atoms with Gasteiger partial charge in [-0.15, -0.1) is 0 Å². The zero-order chi connectivity index (χ0) is 24.2. The Kier molecular flexibility index (Phi) is 7.41. The number of halogens is 4. The first-order valence-corrected chi connectivity index (χ1v) is 11.4. The predicted molar refractivity (Wildman–Crippen MR) is 133 cm³/mol. The number of amides is 1. The first kappa shape index (κ1) is 24.1. The number of aromatic nitrogens is 2. The SMILES string of the molecule is Cc1cc(NC(=O)c2cccc(COc3cccc(Cl)c3Cl)c2)nn1Cc1ccc(F)cc1Cl. The summed E-state index contributed by atoms with van der Waals surface area (Å²) in [7, 11) is 0. The molecule has 0 atom stereocenters. The quantitative estimate of drug-likeness (QED) is 0.282. The second-order valence-electron chi connectivity index (χ2n) is 7.56. The van der Waals surface area contributed by atoms with Gasteiger partial charge in [-0.3, -0.25) is 9.48 Å². The van der Waals surface area contributed by atoms with Crippen molar-refractivity contribution < 1.29 is 13.9 Å². The van der Waals surface area contributed by atoms with Crippen LogP contribution in [0.4, 0.5) is 10.2 Å². The molecule has 0 aliphatic heterocycles. The third kappa shape index (κ3) is 5.70. The Morgan fingerprint density at radius 3 is 2.62 bits per heavy atom. The van der Waals surface area contributed by atoms with Crippen molar-refractivity contribution in [1.82, 2.24) is 9.78 Å². The summed E-state index contributed by atoms with van der Waals surface area (Å²) in [6.07, 6.45) is 0. The van der Waals surface area contributed by atoms with Gasteiger partial charge < -0.3 is 10.1 Å². The lowest BCUT2D eigenvalue weighted by Crippen LogP contribution is -2.13. The van der Waals surface area contributed by atoms with E-state index in [1.807, 2.05) is 13.0 Å². The topological polar surface area (TPSA) is 56.1 Å². The van der Waals surface area contributed by atoms with Gasteiger partial charge in [0.1, 0.15) is 23.2 Å². The number of anilines is 1. The van der Waals surface area contributed by atoms with E-state index in [0.717, 1.165) is 16.8 Å². The Balaban J connectivity index is 1.43. The molecule has 0 spiro atoms. The second kappa shape index (κ2) is 10.5. The van der Waals surface area contributed by atoms with Crippen LogP contribution in [0.25, 0.3) is 0 Å². The van der Waals surface area contributed by atoms with E-state index in [1.165, 1.54) is 12.1 Å². The van der Waals surface area contributed by atoms with Crippen LogP contribution in [0.2, 0.25) is 15.1 Å². The van der Waals surface area contributed by atoms with Gasteiger partial charge in [0, 0.05) is 22.3 Å². The maximum Gasteiger partial charge on any atom is 0.256 e. The predicted octanol–water partition coefficient (Wildman–Crippen LogP) is 7.17. The Morgan fingerprint density at radius 2 is 1.82 bits per heavy atom. The molecule has 0 aliphatic rings. The van der Waals surface area contributed by atoms with Crippen molar-refractivity contribution in [3.63, 3.8) is 0 Å². The molecular weight excluding hydrogens is 500 g/mol. The third-order valence-corrected chi connectivity index (χ3v) is 6.21. The molecule has 0 aliphatic carbocycles. The van der Waals surface area contributed by atoms with E-state index in [4.69, 9.17) is 39.5 Å². The third-order valence-electron chi connectivity index (χ3n) is 5.06. The van der Waals surface area contributed by atoms with Crippen molar-refractivity contribution in [2.24, 2.45) is 0 Å². The van der Waals surface area contributed by atoms with Crippen LogP contribution in [-0.2, 0) is 13.2 Å². The average Bonchev–Trinajstić information content (AvgIpc) is 3.15. The summed E-state index contributed by atoms with van der Waals surface area (Å²) in [5.41, 5.74) is 2.78. The first-order valence-electron chi connectivity index (χ1n) is 10.3. The van der Waals surface area contributed by atoms with Gasteiger partial charge in [0.25, 0.3) is 5.91 Å². The molecule has 1 heterocycles. The fourth-order valence-corrected chi connectivity index (χ4v) is 3.86. The highest BCUT2D eigenvalue weighted by molar-refractivity contribution is 6.42. The molecule has 4 aromatic rings. The van der Waals surface area contributed by atoms with Crippen molar-refractivity contribution in [3.05, 3.63) is 110 Å². The molecule has 0 bridgehead atoms. The Bertz CT molecular complexity index is 1360. The van der Waals surface area contributed by atoms with E-state index in [9.17, 15) is 9.18 Å². The van der Waals surface area contributed by atoms with Crippen molar-refractivity contribution >= 4 is 46.5 Å². The number of ether oxygens (including phenoxy) is 1. The molecule has 1 N–H and O–H groups in total. The Labute approximate surface area is 211 Å². The van der Waals surface area contributed by atoms with Crippen molar-refractivity contribution in [1.29, 1.82) is 0 Å². The number of nitrogens with zero attached hydrogens (tertiary/aromatic N) is 2. The molecule has 9 heteroatoms. The molecule has 34 heavy (non-hydrogen) atoms. The number of carbonyl (C=O) groups is 1. The van der Waals surface area contributed by atoms with Gasteiger partial charge in [-0.2, -0.15) is 5.10 Å². The Morgan fingerprint density at radius 1 is 1.03 bits per heavy atom. The first-order chi connectivity index (χ1) is 16.3. The van der Waals surface area contributed by atoms with E-state index < -0.39 is 5.82 Å². The normalized spacial score (nSPS) is 10.9. The largest absolute Gasteiger partial charge is 0.487 e. The summed E-state index contributed by atoms with van der Waals surface area (Å²) in [5, 5.41) is 8.30. The highest BCUT2D eigenvalue weighted by Crippen LogP contribution is 2.32. The molecule has 0 fully saturated rings. The lowest BCUT2D eigenvalue weighted by molar-refractivity contribution is 0.102. The number of nitrogens with one attached hydrogen (secondary N) is 1. The number of hydrogen-bond donors (Lipinski definition) is 1. The number of benzene rings is 3. The van der Waals surface area contributed by atoms with Crippen molar-refractivity contribution in [2.45, 2.75) is 20.1 Å². The smallest absolute Gasteiger partial charge is 0.256 e. The van der Waals surface area contributed by atoms with Crippen LogP contribution in [0.3, 0.4) is 0 Å². The highest BCUT2D eigenvalue weighted by Gasteiger charge is 2.13. The number of carbonyl (C=O) groups excluding carboxylic acids is 1. The fraction of sp³-hybridized carbons (Fsp3) is 0.120. The lowest BCUT2D eigenvalue weighted by atomic mass is 10.1. The summed E-state index contributed by atoms with van der Waals surface area (Å²) >= 11 is 18.3. The van der Waals surface area contributed by atoms with Crippen LogP contribution in [0.1, 0.15) is 27.2 Å². The van der Waals surface area contributed by atoms with E-state index >= 15 is 0 Å². The molecule has 3 aromatic carbocycles. The van der Waals surface area contributed by atoms with Gasteiger partial charge in [-0.1, -0.05) is 59.1 Å².